The number of carbonyl (C=O) groups is 3. The number of phenolic OH excluding ortho intramolecular Hbond substituents is 1. The summed E-state index contributed by atoms with van der Waals surface area (Å²) in [5, 5.41) is 9.93. The van der Waals surface area contributed by atoms with E-state index < -0.39 is 35.2 Å². The fourth-order valence-electron chi connectivity index (χ4n) is 2.63. The van der Waals surface area contributed by atoms with Crippen LogP contribution in [0, 0.1) is 5.82 Å². The summed E-state index contributed by atoms with van der Waals surface area (Å²) < 4.78 is 19.2. The smallest absolute Gasteiger partial charge is 0.451 e. The number of rotatable bonds is 3. The molecule has 3 rings (SSSR count). The number of nitrogens with two attached hydrogens (primary N) is 1. The molecule has 0 aromatic heterocycles. The molecule has 0 saturated carbocycles. The maximum atomic E-state index is 13.2. The number of aromatic hydroxyl groups is 1. The lowest BCUT2D eigenvalue weighted by molar-refractivity contribution is -0.342. The van der Waals surface area contributed by atoms with Gasteiger partial charge in [-0.1, -0.05) is 0 Å². The monoisotopic (exact) mass is 399 g/mol. The van der Waals surface area contributed by atoms with Crippen LogP contribution >= 0.6 is 0 Å². The van der Waals surface area contributed by atoms with Crippen LogP contribution in [0.1, 0.15) is 10.4 Å². The van der Waals surface area contributed by atoms with E-state index >= 15 is 0 Å². The molecule has 9 nitrogen and oxygen atoms in total. The number of hydrogen-bond acceptors (Lipinski definition) is 6. The average Bonchev–Trinajstić information content (AvgIpc) is 2.71. The van der Waals surface area contributed by atoms with Crippen molar-refractivity contribution in [1.82, 2.24) is 4.90 Å². The molecule has 0 aliphatic carbocycles. The van der Waals surface area contributed by atoms with Gasteiger partial charge in [-0.25, -0.2) is 14.0 Å². The van der Waals surface area contributed by atoms with Crippen LogP contribution in [0.4, 0.5) is 14.9 Å². The molecule has 0 radical (unpaired) electrons. The van der Waals surface area contributed by atoms with Crippen molar-refractivity contribution in [2.45, 2.75) is 0 Å². The first-order chi connectivity index (χ1) is 13.7. The highest BCUT2D eigenvalue weighted by Gasteiger charge is 2.42. The molecule has 3 N–H and O–H groups in total. The van der Waals surface area contributed by atoms with Gasteiger partial charge < -0.3 is 15.6 Å². The Kier molecular flexibility index (Phi) is 5.09. The number of carbonyl (C=O) groups excluding carboxylic acids is 3. The Balaban J connectivity index is 2.13. The van der Waals surface area contributed by atoms with E-state index in [1.54, 1.807) is 0 Å². The fraction of sp³-hybridized carbons (Fsp3) is 0.105. The number of methoxy groups -OCH3 is 1. The van der Waals surface area contributed by atoms with Gasteiger partial charge in [-0.2, -0.15) is 14.5 Å². The van der Waals surface area contributed by atoms with Crippen LogP contribution < -0.4 is 10.5 Å². The minimum absolute atomic E-state index is 0.178. The van der Waals surface area contributed by atoms with Gasteiger partial charge in [-0.15, -0.1) is 0 Å². The van der Waals surface area contributed by atoms with Gasteiger partial charge in [0.15, 0.2) is 0 Å². The van der Waals surface area contributed by atoms with E-state index in [9.17, 15) is 23.9 Å². The second-order valence-corrected chi connectivity index (χ2v) is 5.99. The molecule has 2 aromatic rings. The summed E-state index contributed by atoms with van der Waals surface area (Å²) in [6.07, 6.45) is 0. The third-order valence-electron chi connectivity index (χ3n) is 4.20. The second-order valence-electron chi connectivity index (χ2n) is 5.99. The van der Waals surface area contributed by atoms with Crippen LogP contribution in [0.25, 0.3) is 0 Å². The first-order valence-corrected chi connectivity index (χ1v) is 8.25. The molecule has 1 heterocycles. The Morgan fingerprint density at radius 1 is 1.21 bits per heavy atom. The van der Waals surface area contributed by atoms with Crippen LogP contribution in [-0.4, -0.2) is 58.1 Å². The summed E-state index contributed by atoms with van der Waals surface area (Å²) in [6, 6.07) is 7.93. The van der Waals surface area contributed by atoms with E-state index in [0.29, 0.717) is 5.75 Å². The quantitative estimate of drug-likeness (QED) is 0.752. The molecular weight excluding hydrogens is 383 g/mol. The summed E-state index contributed by atoms with van der Waals surface area (Å²) >= 11 is 0. The molecule has 0 spiro atoms. The van der Waals surface area contributed by atoms with Crippen molar-refractivity contribution in [2.24, 2.45) is 10.7 Å². The molecule has 0 unspecified atom stereocenters. The molecule has 0 fully saturated rings. The van der Waals surface area contributed by atoms with Crippen molar-refractivity contribution in [3.05, 3.63) is 53.8 Å². The second kappa shape index (κ2) is 7.50. The van der Waals surface area contributed by atoms with Crippen molar-refractivity contribution in [3.63, 3.8) is 0 Å². The van der Waals surface area contributed by atoms with E-state index in [1.807, 2.05) is 0 Å². The maximum Gasteiger partial charge on any atom is 0.451 e. The molecule has 0 atom stereocenters. The molecular formula is C19H16FN4O5+. The Morgan fingerprint density at radius 3 is 2.48 bits per heavy atom. The third kappa shape index (κ3) is 3.55. The van der Waals surface area contributed by atoms with E-state index in [1.165, 1.54) is 44.5 Å². The van der Waals surface area contributed by atoms with E-state index in [2.05, 4.69) is 4.99 Å². The molecule has 2 aromatic carbocycles. The number of amidine groups is 1. The van der Waals surface area contributed by atoms with Crippen molar-refractivity contribution in [2.75, 3.05) is 14.2 Å². The summed E-state index contributed by atoms with van der Waals surface area (Å²) in [7, 11) is 2.57. The molecule has 1 aliphatic rings. The predicted molar refractivity (Wildman–Crippen MR) is 100 cm³/mol. The Morgan fingerprint density at radius 2 is 1.86 bits per heavy atom. The predicted octanol–water partition coefficient (Wildman–Crippen LogP) is 1.41. The summed E-state index contributed by atoms with van der Waals surface area (Å²) in [5.74, 6) is -2.88. The number of benzene rings is 2. The number of phenols is 1. The largest absolute Gasteiger partial charge is 0.507 e. The first kappa shape index (κ1) is 19.7. The molecule has 148 valence electrons. The van der Waals surface area contributed by atoms with Crippen molar-refractivity contribution in [3.8, 4) is 11.5 Å². The number of aliphatic imine (C=N–C) groups is 1. The Hall–Kier alpha value is -4.08. The van der Waals surface area contributed by atoms with Gasteiger partial charge in [0.25, 0.3) is 11.7 Å². The number of halogens is 1. The van der Waals surface area contributed by atoms with Gasteiger partial charge >= 0.3 is 11.9 Å². The molecule has 0 saturated heterocycles. The zero-order valence-corrected chi connectivity index (χ0v) is 15.4. The SMILES string of the molecule is COc1ccc(O)c(C(=O)N=C2C(=O)N(C)C(=O)[N+](c3ccc(F)cc3)=C2N)c1. The number of nitrogens with zero attached hydrogens (tertiary/aromatic N) is 3. The number of amides is 4. The van der Waals surface area contributed by atoms with Crippen molar-refractivity contribution < 1.29 is 33.2 Å². The highest BCUT2D eigenvalue weighted by atomic mass is 19.1. The fourth-order valence-corrected chi connectivity index (χ4v) is 2.63. The van der Waals surface area contributed by atoms with Crippen molar-refractivity contribution >= 4 is 35.1 Å². The number of urea groups is 1. The lowest BCUT2D eigenvalue weighted by Crippen LogP contribution is -2.55. The normalized spacial score (nSPS) is 15.8. The van der Waals surface area contributed by atoms with Gasteiger partial charge in [0.05, 0.1) is 19.7 Å². The van der Waals surface area contributed by atoms with Gasteiger partial charge in [-0.3, -0.25) is 4.79 Å². The molecule has 29 heavy (non-hydrogen) atoms. The minimum atomic E-state index is -0.963. The van der Waals surface area contributed by atoms with Crippen LogP contribution in [0.3, 0.4) is 0 Å². The van der Waals surface area contributed by atoms with Gasteiger partial charge in [0, 0.05) is 0 Å². The minimum Gasteiger partial charge on any atom is -0.507 e. The maximum absolute atomic E-state index is 13.2. The summed E-state index contributed by atoms with van der Waals surface area (Å²) in [6.45, 7) is 0. The zero-order valence-electron chi connectivity index (χ0n) is 15.4. The highest BCUT2D eigenvalue weighted by molar-refractivity contribution is 6.68. The molecule has 1 aliphatic heterocycles. The summed E-state index contributed by atoms with van der Waals surface area (Å²) in [5.41, 5.74) is 5.43. The summed E-state index contributed by atoms with van der Waals surface area (Å²) in [4.78, 5) is 42.0. The molecule has 0 bridgehead atoms. The van der Waals surface area contributed by atoms with Crippen molar-refractivity contribution in [1.29, 1.82) is 0 Å². The number of imide groups is 1. The van der Waals surface area contributed by atoms with E-state index in [0.717, 1.165) is 21.6 Å². The van der Waals surface area contributed by atoms with E-state index in [4.69, 9.17) is 10.5 Å². The zero-order chi connectivity index (χ0) is 21.3. The van der Waals surface area contributed by atoms with Crippen LogP contribution in [0.2, 0.25) is 0 Å². The first-order valence-electron chi connectivity index (χ1n) is 8.25. The lowest BCUT2D eigenvalue weighted by atomic mass is 10.1. The van der Waals surface area contributed by atoms with Gasteiger partial charge in [0.2, 0.25) is 5.71 Å². The standard InChI is InChI=1S/C19H15FN4O5/c1-23-18(27)15(22-17(26)13-9-12(29-2)7-8-14(13)25)16(21)24(19(23)28)11-5-3-10(20)4-6-11/h3-9,21H,1-2H3,(H,25,26)/p+1. The molecule has 4 amide bonds. The van der Waals surface area contributed by atoms with E-state index in [-0.39, 0.29) is 17.0 Å². The Labute approximate surface area is 164 Å². The van der Waals surface area contributed by atoms with Crippen LogP contribution in [0.5, 0.6) is 11.5 Å². The molecule has 10 heteroatoms. The third-order valence-corrected chi connectivity index (χ3v) is 4.20. The topological polar surface area (TPSA) is 125 Å². The number of ether oxygens (including phenoxy) is 1. The number of hydrogen-bond donors (Lipinski definition) is 2. The Bertz CT molecular complexity index is 1090. The average molecular weight is 399 g/mol. The van der Waals surface area contributed by atoms with Crippen LogP contribution in [-0.2, 0) is 4.79 Å². The highest BCUT2D eigenvalue weighted by Crippen LogP contribution is 2.24. The van der Waals surface area contributed by atoms with Crippen LogP contribution in [0.15, 0.2) is 47.5 Å². The van der Waals surface area contributed by atoms with Gasteiger partial charge in [-0.05, 0) is 42.5 Å². The van der Waals surface area contributed by atoms with Gasteiger partial charge in [0.1, 0.15) is 23.0 Å². The lowest BCUT2D eigenvalue weighted by Gasteiger charge is -2.20.